The molecule has 0 atom stereocenters. The summed E-state index contributed by atoms with van der Waals surface area (Å²) < 4.78 is 16.7. The van der Waals surface area contributed by atoms with Gasteiger partial charge in [0.15, 0.2) is 5.76 Å². The van der Waals surface area contributed by atoms with E-state index in [1.807, 2.05) is 44.9 Å². The van der Waals surface area contributed by atoms with Gasteiger partial charge in [-0.05, 0) is 52.7 Å². The lowest BCUT2D eigenvalue weighted by molar-refractivity contribution is 0.0676. The number of carbonyl (C=O) groups is 1. The Balaban J connectivity index is 1.39. The largest absolute Gasteiger partial charge is 0.456 e. The van der Waals surface area contributed by atoms with Crippen molar-refractivity contribution in [2.75, 3.05) is 19.7 Å². The van der Waals surface area contributed by atoms with Gasteiger partial charge in [-0.2, -0.15) is 0 Å². The fraction of sp³-hybridized carbons (Fsp3) is 0.500. The predicted molar refractivity (Wildman–Crippen MR) is 117 cm³/mol. The number of amides is 1. The van der Waals surface area contributed by atoms with Crippen LogP contribution in [0, 0.1) is 20.8 Å². The lowest BCUT2D eigenvalue weighted by Crippen LogP contribution is -2.38. The molecule has 0 radical (unpaired) electrons. The van der Waals surface area contributed by atoms with Crippen LogP contribution in [0.15, 0.2) is 27.3 Å². The van der Waals surface area contributed by atoms with E-state index in [2.05, 4.69) is 10.1 Å². The molecule has 3 aromatic rings. The molecule has 0 N–H and O–H groups in total. The quantitative estimate of drug-likeness (QED) is 0.547. The standard InChI is InChI=1S/C24H30N4O4/c1-5-30-14-19-13-25-17(4)26-23(19)18-8-10-28(11-9-18)24(29)22-7-6-20(31-22)12-21-15(2)27-32-16(21)3/h6-7,13,18H,5,8-12,14H2,1-4H3. The van der Waals surface area contributed by atoms with Crippen LogP contribution in [0.3, 0.4) is 0 Å². The molecule has 0 unspecified atom stereocenters. The summed E-state index contributed by atoms with van der Waals surface area (Å²) in [5, 5.41) is 3.98. The lowest BCUT2D eigenvalue weighted by Gasteiger charge is -2.32. The van der Waals surface area contributed by atoms with Crippen LogP contribution in [-0.2, 0) is 17.8 Å². The van der Waals surface area contributed by atoms with Crippen LogP contribution in [0.2, 0.25) is 0 Å². The van der Waals surface area contributed by atoms with Gasteiger partial charge in [0.2, 0.25) is 0 Å². The summed E-state index contributed by atoms with van der Waals surface area (Å²) in [5.41, 5.74) is 3.94. The van der Waals surface area contributed by atoms with Gasteiger partial charge in [-0.1, -0.05) is 5.16 Å². The highest BCUT2D eigenvalue weighted by molar-refractivity contribution is 5.91. The van der Waals surface area contributed by atoms with E-state index in [0.29, 0.717) is 44.4 Å². The maximum atomic E-state index is 13.0. The van der Waals surface area contributed by atoms with Gasteiger partial charge >= 0.3 is 0 Å². The number of aromatic nitrogens is 3. The van der Waals surface area contributed by atoms with E-state index in [9.17, 15) is 4.79 Å². The third-order valence-corrected chi connectivity index (χ3v) is 6.05. The summed E-state index contributed by atoms with van der Waals surface area (Å²) in [4.78, 5) is 23.9. The number of aryl methyl sites for hydroxylation is 3. The summed E-state index contributed by atoms with van der Waals surface area (Å²) in [6.07, 6.45) is 4.14. The lowest BCUT2D eigenvalue weighted by atomic mass is 9.90. The molecule has 8 heteroatoms. The van der Waals surface area contributed by atoms with Crippen molar-refractivity contribution in [3.8, 4) is 0 Å². The van der Waals surface area contributed by atoms with E-state index in [-0.39, 0.29) is 5.91 Å². The van der Waals surface area contributed by atoms with Gasteiger partial charge < -0.3 is 18.6 Å². The Hall–Kier alpha value is -3.00. The first-order valence-electron chi connectivity index (χ1n) is 11.2. The zero-order valence-electron chi connectivity index (χ0n) is 19.2. The second-order valence-electron chi connectivity index (χ2n) is 8.28. The SMILES string of the molecule is CCOCc1cnc(C)nc1C1CCN(C(=O)c2ccc(Cc3c(C)noc3C)o2)CC1. The zero-order valence-corrected chi connectivity index (χ0v) is 19.2. The van der Waals surface area contributed by atoms with Crippen molar-refractivity contribution in [2.45, 2.75) is 59.5 Å². The molecule has 1 aliphatic heterocycles. The van der Waals surface area contributed by atoms with E-state index in [1.165, 1.54) is 0 Å². The van der Waals surface area contributed by atoms with Crippen molar-refractivity contribution in [2.24, 2.45) is 0 Å². The number of hydrogen-bond acceptors (Lipinski definition) is 7. The van der Waals surface area contributed by atoms with Crippen LogP contribution in [0.4, 0.5) is 0 Å². The molecule has 1 saturated heterocycles. The number of likely N-dealkylation sites (tertiary alicyclic amines) is 1. The van der Waals surface area contributed by atoms with Gasteiger partial charge in [0.05, 0.1) is 18.0 Å². The molecule has 8 nitrogen and oxygen atoms in total. The summed E-state index contributed by atoms with van der Waals surface area (Å²) in [5.74, 6) is 2.87. The predicted octanol–water partition coefficient (Wildman–Crippen LogP) is 4.13. The zero-order chi connectivity index (χ0) is 22.7. The number of ether oxygens (including phenoxy) is 1. The average Bonchev–Trinajstić information content (AvgIpc) is 3.40. The van der Waals surface area contributed by atoms with Crippen molar-refractivity contribution in [1.82, 2.24) is 20.0 Å². The number of furan rings is 1. The molecule has 4 rings (SSSR count). The first kappa shape index (κ1) is 22.2. The van der Waals surface area contributed by atoms with Crippen LogP contribution < -0.4 is 0 Å². The van der Waals surface area contributed by atoms with Gasteiger partial charge in [0, 0.05) is 49.4 Å². The van der Waals surface area contributed by atoms with Crippen LogP contribution in [-0.4, -0.2) is 45.6 Å². The molecule has 170 valence electrons. The third kappa shape index (κ3) is 4.75. The van der Waals surface area contributed by atoms with Crippen molar-refractivity contribution in [3.05, 3.63) is 63.9 Å². The Morgan fingerprint density at radius 1 is 1.22 bits per heavy atom. The highest BCUT2D eigenvalue weighted by atomic mass is 16.5. The van der Waals surface area contributed by atoms with Crippen LogP contribution in [0.5, 0.6) is 0 Å². The molecule has 32 heavy (non-hydrogen) atoms. The van der Waals surface area contributed by atoms with Crippen LogP contribution in [0.1, 0.15) is 76.1 Å². The van der Waals surface area contributed by atoms with Gasteiger partial charge in [0.1, 0.15) is 17.3 Å². The molecular formula is C24H30N4O4. The summed E-state index contributed by atoms with van der Waals surface area (Å²) >= 11 is 0. The second-order valence-corrected chi connectivity index (χ2v) is 8.28. The fourth-order valence-electron chi connectivity index (χ4n) is 4.22. The molecule has 0 aromatic carbocycles. The van der Waals surface area contributed by atoms with Crippen molar-refractivity contribution >= 4 is 5.91 Å². The summed E-state index contributed by atoms with van der Waals surface area (Å²) in [7, 11) is 0. The Kier molecular flexibility index (Phi) is 6.69. The van der Waals surface area contributed by atoms with E-state index < -0.39 is 0 Å². The Labute approximate surface area is 188 Å². The van der Waals surface area contributed by atoms with Gasteiger partial charge in [-0.15, -0.1) is 0 Å². The number of hydrogen-bond donors (Lipinski definition) is 0. The number of piperidine rings is 1. The molecule has 0 aliphatic carbocycles. The molecule has 4 heterocycles. The minimum Gasteiger partial charge on any atom is -0.456 e. The van der Waals surface area contributed by atoms with Crippen molar-refractivity contribution < 1.29 is 18.5 Å². The number of rotatable bonds is 7. The number of nitrogens with zero attached hydrogens (tertiary/aromatic N) is 4. The van der Waals surface area contributed by atoms with Crippen LogP contribution >= 0.6 is 0 Å². The maximum Gasteiger partial charge on any atom is 0.289 e. The summed E-state index contributed by atoms with van der Waals surface area (Å²) in [6.45, 7) is 10.2. The molecule has 0 spiro atoms. The first-order valence-corrected chi connectivity index (χ1v) is 11.2. The minimum atomic E-state index is -0.0677. The second kappa shape index (κ2) is 9.65. The van der Waals surface area contributed by atoms with Gasteiger partial charge in [-0.25, -0.2) is 9.97 Å². The van der Waals surface area contributed by atoms with Crippen molar-refractivity contribution in [3.63, 3.8) is 0 Å². The molecule has 0 bridgehead atoms. The third-order valence-electron chi connectivity index (χ3n) is 6.05. The van der Waals surface area contributed by atoms with Gasteiger partial charge in [0.25, 0.3) is 5.91 Å². The number of carbonyl (C=O) groups excluding carboxylic acids is 1. The first-order chi connectivity index (χ1) is 15.5. The minimum absolute atomic E-state index is 0.0677. The van der Waals surface area contributed by atoms with E-state index >= 15 is 0 Å². The average molecular weight is 439 g/mol. The van der Waals surface area contributed by atoms with E-state index in [4.69, 9.17) is 18.7 Å². The monoisotopic (exact) mass is 438 g/mol. The Morgan fingerprint density at radius 3 is 2.69 bits per heavy atom. The highest BCUT2D eigenvalue weighted by Crippen LogP contribution is 2.30. The molecule has 0 saturated carbocycles. The normalized spacial score (nSPS) is 14.8. The topological polar surface area (TPSA) is 94.5 Å². The Morgan fingerprint density at radius 2 is 2.00 bits per heavy atom. The Bertz CT molecular complexity index is 1060. The summed E-state index contributed by atoms with van der Waals surface area (Å²) in [6, 6.07) is 3.62. The molecule has 1 aliphatic rings. The maximum absolute atomic E-state index is 13.0. The molecule has 1 amide bonds. The smallest absolute Gasteiger partial charge is 0.289 e. The highest BCUT2D eigenvalue weighted by Gasteiger charge is 2.28. The van der Waals surface area contributed by atoms with E-state index in [0.717, 1.165) is 52.7 Å². The molecule has 1 fully saturated rings. The fourth-order valence-corrected chi connectivity index (χ4v) is 4.22. The molecule has 3 aromatic heterocycles. The van der Waals surface area contributed by atoms with Gasteiger partial charge in [-0.3, -0.25) is 4.79 Å². The van der Waals surface area contributed by atoms with Crippen LogP contribution in [0.25, 0.3) is 0 Å². The van der Waals surface area contributed by atoms with Crippen molar-refractivity contribution in [1.29, 1.82) is 0 Å². The molecular weight excluding hydrogens is 408 g/mol. The van der Waals surface area contributed by atoms with E-state index in [1.54, 1.807) is 6.07 Å².